The Hall–Kier alpha value is 0.740. The van der Waals surface area contributed by atoms with Crippen molar-refractivity contribution in [2.24, 2.45) is 0 Å². The van der Waals surface area contributed by atoms with Gasteiger partial charge in [-0.1, -0.05) is 126 Å². The van der Waals surface area contributed by atoms with E-state index in [-0.39, 0.29) is 149 Å². The van der Waals surface area contributed by atoms with Crippen molar-refractivity contribution < 1.29 is 22.4 Å². The van der Waals surface area contributed by atoms with E-state index in [9.17, 15) is 0 Å². The smallest absolute Gasteiger partial charge is 0 e. The van der Waals surface area contributed by atoms with Crippen molar-refractivity contribution in [3.8, 4) is 0 Å². The third-order valence-corrected chi connectivity index (χ3v) is 0. The van der Waals surface area contributed by atoms with Crippen LogP contribution in [0.15, 0.2) is 0 Å². The largest absolute Gasteiger partial charge is 0.0776 e. The predicted molar refractivity (Wildman–Crippen MR) is 114 cm³/mol. The molecule has 0 aliphatic carbocycles. The van der Waals surface area contributed by atoms with Gasteiger partial charge in [0.1, 0.15) is 0 Å². The Balaban J connectivity index is 0. The molecule has 0 rings (SSSR count). The summed E-state index contributed by atoms with van der Waals surface area (Å²) in [5, 5.41) is 0. The van der Waals surface area contributed by atoms with E-state index in [2.05, 4.69) is 0 Å². The molecule has 0 nitrogen and oxygen atoms in total. The van der Waals surface area contributed by atoms with Gasteiger partial charge in [0.05, 0.1) is 0 Å². The second-order valence-electron chi connectivity index (χ2n) is 0. The molecule has 0 aliphatic heterocycles. The molecule has 0 bridgehead atoms. The van der Waals surface area contributed by atoms with Gasteiger partial charge >= 0.3 is 0 Å². The molecule has 0 saturated heterocycles. The van der Waals surface area contributed by atoms with Gasteiger partial charge in [-0.05, 0) is 0 Å². The fourth-order valence-corrected chi connectivity index (χ4v) is 0. The van der Waals surface area contributed by atoms with Crippen LogP contribution in [0.5, 0.6) is 0 Å². The summed E-state index contributed by atoms with van der Waals surface area (Å²) in [7, 11) is 0. The number of rotatable bonds is 0. The third-order valence-electron chi connectivity index (χ3n) is 0. The molecule has 0 amide bonds. The molecule has 0 N–H and O–H groups in total. The summed E-state index contributed by atoms with van der Waals surface area (Å²) >= 11 is 0. The quantitative estimate of drug-likeness (QED) is 0.366. The molecule has 1 radical (unpaired) electrons. The first-order chi connectivity index (χ1) is 0. The van der Waals surface area contributed by atoms with E-state index >= 15 is 0 Å². The third kappa shape index (κ3) is 7570. The molecule has 1 heteroatoms. The summed E-state index contributed by atoms with van der Waals surface area (Å²) in [6.07, 6.45) is 0. The Morgan fingerprint density at radius 1 is 0.111 bits per heavy atom. The molecule has 0 aromatic heterocycles. The number of hydrogen-bond acceptors (Lipinski definition) is 0. The Morgan fingerprint density at radius 3 is 0.111 bits per heavy atom. The van der Waals surface area contributed by atoms with E-state index in [1.807, 2.05) is 0 Å². The van der Waals surface area contributed by atoms with Gasteiger partial charge < -0.3 is 0 Å². The van der Waals surface area contributed by atoms with Crippen molar-refractivity contribution >= 4 is 0 Å². The van der Waals surface area contributed by atoms with Gasteiger partial charge in [0.2, 0.25) is 0 Å². The van der Waals surface area contributed by atoms with Gasteiger partial charge in [-0.25, -0.2) is 0 Å². The van der Waals surface area contributed by atoms with E-state index in [1.165, 1.54) is 0 Å². The topological polar surface area (TPSA) is 0 Å². The summed E-state index contributed by atoms with van der Waals surface area (Å²) in [4.78, 5) is 0. The maximum atomic E-state index is 0. The first kappa shape index (κ1) is 10800. The average molecular weight is 381 g/mol. The van der Waals surface area contributed by atoms with Gasteiger partial charge in [-0.2, -0.15) is 0 Å². The van der Waals surface area contributed by atoms with Gasteiger partial charge in [0, 0.05) is 22.4 Å². The molecule has 0 unspecified atom stereocenters. The molecule has 0 aromatic rings. The molecule has 0 fully saturated rings. The van der Waals surface area contributed by atoms with Gasteiger partial charge in [0.15, 0.2) is 0 Å². The van der Waals surface area contributed by atoms with E-state index in [0.29, 0.717) is 0 Å². The summed E-state index contributed by atoms with van der Waals surface area (Å²) in [6.45, 7) is 0. The first-order valence-corrected chi connectivity index (χ1v) is 0. The normalized spacial score (nSPS) is 0. The number of hydrogen-bond donors (Lipinski definition) is 0. The van der Waals surface area contributed by atoms with Crippen molar-refractivity contribution in [1.82, 2.24) is 0 Å². The van der Waals surface area contributed by atoms with Gasteiger partial charge in [-0.3, -0.25) is 0 Å². The van der Waals surface area contributed by atoms with Crippen LogP contribution < -0.4 is 0 Å². The van der Waals surface area contributed by atoms with Crippen LogP contribution in [-0.4, -0.2) is 0 Å². The Bertz CT molecular complexity index is 5.57. The van der Waals surface area contributed by atoms with Crippen LogP contribution in [0.1, 0.15) is 126 Å². The van der Waals surface area contributed by atoms with Crippen LogP contribution in [0.25, 0.3) is 0 Å². The minimum Gasteiger partial charge on any atom is -0.0776 e. The van der Waals surface area contributed by atoms with E-state index in [4.69, 9.17) is 0 Å². The van der Waals surface area contributed by atoms with E-state index in [1.54, 1.807) is 0 Å². The monoisotopic (exact) mass is 379 g/mol. The van der Waals surface area contributed by atoms with Crippen LogP contribution in [0, 0.1) is 0 Å². The summed E-state index contributed by atoms with van der Waals surface area (Å²) in [6, 6.07) is 0. The Morgan fingerprint density at radius 2 is 0.111 bits per heavy atom. The fraction of sp³-hybridized carbons (Fsp3) is 1.00. The molecule has 0 aromatic carbocycles. The minimum atomic E-state index is 0. The maximum Gasteiger partial charge on any atom is 0 e. The van der Waals surface area contributed by atoms with Crippen LogP contribution >= 0.6 is 0 Å². The van der Waals surface area contributed by atoms with Crippen LogP contribution in [0.2, 0.25) is 0 Å². The zero-order chi connectivity index (χ0) is 0. The zero-order valence-electron chi connectivity index (χ0n) is 0.302. The zero-order valence-corrected chi connectivity index (χ0v) is 1.78. The summed E-state index contributed by atoms with van der Waals surface area (Å²) in [5.41, 5.74) is 0. The molecule has 18 heavy (non-hydrogen) atoms. The van der Waals surface area contributed by atoms with Crippen molar-refractivity contribution in [3.05, 3.63) is 0 Å². The van der Waals surface area contributed by atoms with Crippen LogP contribution in [-0.2, 0) is 22.4 Å². The van der Waals surface area contributed by atoms with Gasteiger partial charge in [-0.15, -0.1) is 0 Å². The molecule has 0 heterocycles. The average Bonchev–Trinajstić information content (AvgIpc) is 0. The SMILES string of the molecule is C.C.C.C.C.C.C.C.C.C.C.C.C.C.C.C.C.[Ag]. The predicted octanol–water partition coefficient (Wildman–Crippen LogP) is 10.8. The Kier molecular flexibility index (Phi) is 5420000. The fourth-order valence-electron chi connectivity index (χ4n) is 0. The van der Waals surface area contributed by atoms with Crippen molar-refractivity contribution in [3.63, 3.8) is 0 Å². The second-order valence-corrected chi connectivity index (χ2v) is 0. The minimum absolute atomic E-state index is 0. The molecule has 0 spiro atoms. The molecule has 147 valence electrons. The molecule has 0 atom stereocenters. The van der Waals surface area contributed by atoms with Gasteiger partial charge in [0.25, 0.3) is 0 Å². The summed E-state index contributed by atoms with van der Waals surface area (Å²) < 4.78 is 0. The van der Waals surface area contributed by atoms with Crippen LogP contribution in [0.4, 0.5) is 0 Å². The van der Waals surface area contributed by atoms with Crippen LogP contribution in [0.3, 0.4) is 0 Å². The van der Waals surface area contributed by atoms with E-state index in [0.717, 1.165) is 0 Å². The van der Waals surface area contributed by atoms with Crippen molar-refractivity contribution in [2.45, 2.75) is 126 Å². The van der Waals surface area contributed by atoms with E-state index < -0.39 is 0 Å². The maximum absolute atomic E-state index is 0. The Labute approximate surface area is 148 Å². The standard InChI is InChI=1S/17CH4.Ag/h17*1H4;. The second kappa shape index (κ2) is 9070. The molecular weight excluding hydrogens is 312 g/mol. The molecule has 0 aliphatic rings. The molecular formula is C17H68Ag. The first-order valence-electron chi connectivity index (χ1n) is 0. The molecule has 0 saturated carbocycles. The summed E-state index contributed by atoms with van der Waals surface area (Å²) in [5.74, 6) is 0. The van der Waals surface area contributed by atoms with Crippen molar-refractivity contribution in [2.75, 3.05) is 0 Å². The van der Waals surface area contributed by atoms with Crippen molar-refractivity contribution in [1.29, 1.82) is 0 Å².